The summed E-state index contributed by atoms with van der Waals surface area (Å²) in [5.41, 5.74) is 10.9. The highest BCUT2D eigenvalue weighted by Gasteiger charge is 2.27. The van der Waals surface area contributed by atoms with Crippen molar-refractivity contribution in [3.63, 3.8) is 0 Å². The molecule has 0 aliphatic heterocycles. The minimum atomic E-state index is -0.356. The Hall–Kier alpha value is -0.120. The van der Waals surface area contributed by atoms with Crippen LogP contribution >= 0.6 is 0 Å². The Morgan fingerprint density at radius 2 is 1.88 bits per heavy atom. The Balaban J connectivity index is 2.39. The Morgan fingerprint density at radius 1 is 1.25 bits per heavy atom. The van der Waals surface area contributed by atoms with E-state index in [4.69, 9.17) is 16.6 Å². The van der Waals surface area contributed by atoms with E-state index in [-0.39, 0.29) is 18.2 Å². The quantitative estimate of drug-likeness (QED) is 0.372. The molecule has 0 radical (unpaired) electrons. The average molecular weight is 116 g/mol. The molecule has 0 aromatic carbocycles. The first-order valence-corrected chi connectivity index (χ1v) is 2.89. The van der Waals surface area contributed by atoms with Gasteiger partial charge in [0.25, 0.3) is 0 Å². The predicted molar refractivity (Wildman–Crippen MR) is 31.2 cm³/mol. The van der Waals surface area contributed by atoms with Crippen LogP contribution in [0, 0.1) is 0 Å². The van der Waals surface area contributed by atoms with Crippen molar-refractivity contribution in [2.45, 2.75) is 31.0 Å². The molecule has 5 N–H and O–H groups in total. The van der Waals surface area contributed by atoms with Gasteiger partial charge in [-0.3, -0.25) is 0 Å². The van der Waals surface area contributed by atoms with Gasteiger partial charge in [-0.1, -0.05) is 0 Å². The maximum Gasteiger partial charge on any atom is 0.0706 e. The highest BCUT2D eigenvalue weighted by molar-refractivity contribution is 4.87. The maximum atomic E-state index is 8.96. The third-order valence-corrected chi connectivity index (χ3v) is 1.61. The van der Waals surface area contributed by atoms with Crippen LogP contribution < -0.4 is 11.5 Å². The molecule has 1 saturated carbocycles. The molecule has 0 bridgehead atoms. The van der Waals surface area contributed by atoms with E-state index < -0.39 is 0 Å². The summed E-state index contributed by atoms with van der Waals surface area (Å²) in [6.45, 7) is 0. The average Bonchev–Trinajstić information content (AvgIpc) is 1.85. The first kappa shape index (κ1) is 6.01. The van der Waals surface area contributed by atoms with E-state index in [9.17, 15) is 0 Å². The molecule has 0 unspecified atom stereocenters. The largest absolute Gasteiger partial charge is 0.391 e. The smallest absolute Gasteiger partial charge is 0.0706 e. The van der Waals surface area contributed by atoms with E-state index in [0.29, 0.717) is 6.42 Å². The first-order valence-electron chi connectivity index (χ1n) is 2.89. The summed E-state index contributed by atoms with van der Waals surface area (Å²) >= 11 is 0. The number of hydrogen-bond donors (Lipinski definition) is 3. The zero-order valence-corrected chi connectivity index (χ0v) is 4.75. The van der Waals surface area contributed by atoms with Gasteiger partial charge in [0, 0.05) is 12.1 Å². The van der Waals surface area contributed by atoms with Crippen LogP contribution in [0.25, 0.3) is 0 Å². The molecule has 3 heteroatoms. The van der Waals surface area contributed by atoms with Crippen LogP contribution in [0.15, 0.2) is 0 Å². The SMILES string of the molecule is N[C@H]1C[C@@H](O)[C@@H](N)C1. The van der Waals surface area contributed by atoms with Crippen molar-refractivity contribution >= 4 is 0 Å². The van der Waals surface area contributed by atoms with Crippen LogP contribution in [-0.4, -0.2) is 23.3 Å². The van der Waals surface area contributed by atoms with Gasteiger partial charge in [-0.05, 0) is 12.8 Å². The van der Waals surface area contributed by atoms with Gasteiger partial charge in [0.2, 0.25) is 0 Å². The van der Waals surface area contributed by atoms with E-state index >= 15 is 0 Å². The summed E-state index contributed by atoms with van der Waals surface area (Å²) in [5.74, 6) is 0. The second-order valence-electron chi connectivity index (χ2n) is 2.46. The van der Waals surface area contributed by atoms with Crippen molar-refractivity contribution in [1.82, 2.24) is 0 Å². The van der Waals surface area contributed by atoms with E-state index in [1.54, 1.807) is 0 Å². The van der Waals surface area contributed by atoms with Crippen LogP contribution in [0.4, 0.5) is 0 Å². The molecule has 0 amide bonds. The highest BCUT2D eigenvalue weighted by Crippen LogP contribution is 2.15. The minimum absolute atomic E-state index is 0.0787. The monoisotopic (exact) mass is 116 g/mol. The van der Waals surface area contributed by atoms with Crippen molar-refractivity contribution in [2.24, 2.45) is 11.5 Å². The molecule has 1 aliphatic carbocycles. The Kier molecular flexibility index (Phi) is 1.51. The van der Waals surface area contributed by atoms with Crippen molar-refractivity contribution in [2.75, 3.05) is 0 Å². The summed E-state index contributed by atoms with van der Waals surface area (Å²) in [6.07, 6.45) is 1.08. The van der Waals surface area contributed by atoms with E-state index in [2.05, 4.69) is 0 Å². The molecule has 3 nitrogen and oxygen atoms in total. The summed E-state index contributed by atoms with van der Waals surface area (Å²) in [4.78, 5) is 0. The normalized spacial score (nSPS) is 47.6. The van der Waals surface area contributed by atoms with Crippen LogP contribution in [0.5, 0.6) is 0 Å². The fourth-order valence-corrected chi connectivity index (χ4v) is 1.09. The molecule has 1 rings (SSSR count). The van der Waals surface area contributed by atoms with Crippen LogP contribution in [0.1, 0.15) is 12.8 Å². The topological polar surface area (TPSA) is 72.3 Å². The van der Waals surface area contributed by atoms with Crippen molar-refractivity contribution in [3.05, 3.63) is 0 Å². The summed E-state index contributed by atoms with van der Waals surface area (Å²) in [7, 11) is 0. The molecule has 0 heterocycles. The van der Waals surface area contributed by atoms with Gasteiger partial charge in [0.1, 0.15) is 0 Å². The lowest BCUT2D eigenvalue weighted by molar-refractivity contribution is 0.164. The van der Waals surface area contributed by atoms with E-state index in [1.165, 1.54) is 0 Å². The van der Waals surface area contributed by atoms with Crippen LogP contribution in [-0.2, 0) is 0 Å². The van der Waals surface area contributed by atoms with Gasteiger partial charge in [-0.15, -0.1) is 0 Å². The number of aliphatic hydroxyl groups is 1. The minimum Gasteiger partial charge on any atom is -0.391 e. The molecular weight excluding hydrogens is 104 g/mol. The van der Waals surface area contributed by atoms with Gasteiger partial charge in [-0.25, -0.2) is 0 Å². The predicted octanol–water partition coefficient (Wildman–Crippen LogP) is -1.20. The van der Waals surface area contributed by atoms with Crippen LogP contribution in [0.3, 0.4) is 0 Å². The fourth-order valence-electron chi connectivity index (χ4n) is 1.09. The lowest BCUT2D eigenvalue weighted by atomic mass is 10.2. The Labute approximate surface area is 48.7 Å². The van der Waals surface area contributed by atoms with Gasteiger partial charge in [0.15, 0.2) is 0 Å². The number of nitrogens with two attached hydrogens (primary N) is 2. The third kappa shape index (κ3) is 0.992. The van der Waals surface area contributed by atoms with E-state index in [1.807, 2.05) is 0 Å². The molecule has 0 aromatic rings. The zero-order chi connectivity index (χ0) is 6.15. The van der Waals surface area contributed by atoms with Crippen molar-refractivity contribution in [3.8, 4) is 0 Å². The molecule has 0 saturated heterocycles. The van der Waals surface area contributed by atoms with E-state index in [0.717, 1.165) is 6.42 Å². The molecular formula is C5H12N2O. The maximum absolute atomic E-state index is 8.96. The molecule has 0 aromatic heterocycles. The Morgan fingerprint density at radius 3 is 2.00 bits per heavy atom. The van der Waals surface area contributed by atoms with Gasteiger partial charge in [-0.2, -0.15) is 0 Å². The Bertz CT molecular complexity index is 76.5. The summed E-state index contributed by atoms with van der Waals surface area (Å²) in [6, 6.07) is 0.0463. The molecule has 1 fully saturated rings. The lowest BCUT2D eigenvalue weighted by Gasteiger charge is -2.04. The molecule has 8 heavy (non-hydrogen) atoms. The van der Waals surface area contributed by atoms with Crippen LogP contribution in [0.2, 0.25) is 0 Å². The number of hydrogen-bond acceptors (Lipinski definition) is 3. The van der Waals surface area contributed by atoms with Gasteiger partial charge < -0.3 is 16.6 Å². The molecule has 0 spiro atoms. The standard InChI is InChI=1S/C5H12N2O/c6-3-1-4(7)5(8)2-3/h3-5,8H,1-2,6-7H2/t3-,4+,5-/m1/s1. The van der Waals surface area contributed by atoms with Crippen molar-refractivity contribution < 1.29 is 5.11 Å². The first-order chi connectivity index (χ1) is 3.70. The molecule has 1 aliphatic rings. The second-order valence-corrected chi connectivity index (χ2v) is 2.46. The highest BCUT2D eigenvalue weighted by atomic mass is 16.3. The zero-order valence-electron chi connectivity index (χ0n) is 4.75. The van der Waals surface area contributed by atoms with Gasteiger partial charge in [0.05, 0.1) is 6.10 Å². The lowest BCUT2D eigenvalue weighted by Crippen LogP contribution is -2.28. The number of aliphatic hydroxyl groups excluding tert-OH is 1. The summed E-state index contributed by atoms with van der Waals surface area (Å²) in [5, 5.41) is 8.96. The summed E-state index contributed by atoms with van der Waals surface area (Å²) < 4.78 is 0. The molecule has 48 valence electrons. The van der Waals surface area contributed by atoms with Gasteiger partial charge >= 0.3 is 0 Å². The van der Waals surface area contributed by atoms with Crippen molar-refractivity contribution in [1.29, 1.82) is 0 Å². The second kappa shape index (κ2) is 2.01. The fraction of sp³-hybridized carbons (Fsp3) is 1.00. The molecule has 3 atom stereocenters. The third-order valence-electron chi connectivity index (χ3n) is 1.61. The number of rotatable bonds is 0.